The summed E-state index contributed by atoms with van der Waals surface area (Å²) in [6.45, 7) is 0.534. The first kappa shape index (κ1) is 13.3. The second-order valence-electron chi connectivity index (χ2n) is 3.77. The van der Waals surface area contributed by atoms with E-state index in [1.165, 1.54) is 17.8 Å². The Morgan fingerprint density at radius 1 is 1.00 bits per heavy atom. The van der Waals surface area contributed by atoms with Crippen LogP contribution in [0.15, 0.2) is 35.5 Å². The van der Waals surface area contributed by atoms with E-state index >= 15 is 0 Å². The Labute approximate surface area is 115 Å². The van der Waals surface area contributed by atoms with E-state index in [-0.39, 0.29) is 0 Å². The first-order valence-corrected chi connectivity index (χ1v) is 6.63. The van der Waals surface area contributed by atoms with E-state index in [1.807, 2.05) is 12.1 Å². The number of nitrogens with zero attached hydrogens (tertiary/aromatic N) is 2. The van der Waals surface area contributed by atoms with E-state index in [4.69, 9.17) is 21.9 Å². The van der Waals surface area contributed by atoms with Crippen molar-refractivity contribution in [1.29, 1.82) is 0 Å². The van der Waals surface area contributed by atoms with Gasteiger partial charge in [-0.1, -0.05) is 11.8 Å². The van der Waals surface area contributed by atoms with Crippen molar-refractivity contribution >= 4 is 29.1 Å². The molecule has 0 bridgehead atoms. The van der Waals surface area contributed by atoms with E-state index in [2.05, 4.69) is 9.97 Å². The zero-order valence-electron chi connectivity index (χ0n) is 10.2. The summed E-state index contributed by atoms with van der Waals surface area (Å²) in [4.78, 5) is 8.14. The summed E-state index contributed by atoms with van der Waals surface area (Å²) >= 11 is 1.44. The van der Waals surface area contributed by atoms with Gasteiger partial charge in [-0.15, -0.1) is 0 Å². The fraction of sp³-hybridized carbons (Fsp3) is 0.167. The molecule has 0 unspecified atom stereocenters. The Bertz CT molecular complexity index is 526. The second kappa shape index (κ2) is 6.14. The highest BCUT2D eigenvalue weighted by Crippen LogP contribution is 2.17. The highest BCUT2D eigenvalue weighted by atomic mass is 32.2. The van der Waals surface area contributed by atoms with Crippen LogP contribution in [0, 0.1) is 0 Å². The SMILES string of the molecule is Nc1ccc(OCCSc2nc(N)cc(N)n2)cc1. The lowest BCUT2D eigenvalue weighted by molar-refractivity contribution is 0.344. The molecular formula is C12H15N5OS. The summed E-state index contributed by atoms with van der Waals surface area (Å²) in [7, 11) is 0. The van der Waals surface area contributed by atoms with Crippen LogP contribution >= 0.6 is 11.8 Å². The maximum atomic E-state index is 5.59. The van der Waals surface area contributed by atoms with Crippen molar-refractivity contribution in [1.82, 2.24) is 9.97 Å². The largest absolute Gasteiger partial charge is 0.493 e. The molecule has 6 N–H and O–H groups in total. The minimum Gasteiger partial charge on any atom is -0.493 e. The van der Waals surface area contributed by atoms with Gasteiger partial charge in [-0.2, -0.15) is 0 Å². The molecule has 1 heterocycles. The molecule has 7 heteroatoms. The number of rotatable bonds is 5. The molecule has 0 aliphatic carbocycles. The normalized spacial score (nSPS) is 10.3. The number of thioether (sulfide) groups is 1. The van der Waals surface area contributed by atoms with Gasteiger partial charge in [-0.3, -0.25) is 0 Å². The number of aromatic nitrogens is 2. The quantitative estimate of drug-likeness (QED) is 0.327. The number of ether oxygens (including phenoxy) is 1. The Kier molecular flexibility index (Phi) is 4.30. The van der Waals surface area contributed by atoms with Crippen LogP contribution in [0.25, 0.3) is 0 Å². The molecule has 0 saturated heterocycles. The summed E-state index contributed by atoms with van der Waals surface area (Å²) in [5, 5.41) is 0.554. The van der Waals surface area contributed by atoms with Crippen molar-refractivity contribution in [3.8, 4) is 5.75 Å². The molecule has 0 amide bonds. The third-order valence-electron chi connectivity index (χ3n) is 2.21. The van der Waals surface area contributed by atoms with Crippen LogP contribution in [0.3, 0.4) is 0 Å². The molecule has 0 fully saturated rings. The van der Waals surface area contributed by atoms with Crippen molar-refractivity contribution < 1.29 is 4.74 Å². The summed E-state index contributed by atoms with van der Waals surface area (Å²) in [6, 6.07) is 8.77. The summed E-state index contributed by atoms with van der Waals surface area (Å²) in [5.41, 5.74) is 17.5. The third kappa shape index (κ3) is 4.22. The molecule has 0 atom stereocenters. The first-order valence-electron chi connectivity index (χ1n) is 5.64. The molecule has 6 nitrogen and oxygen atoms in total. The highest BCUT2D eigenvalue weighted by Gasteiger charge is 2.01. The van der Waals surface area contributed by atoms with Crippen LogP contribution in [0.5, 0.6) is 5.75 Å². The van der Waals surface area contributed by atoms with Crippen LogP contribution in [-0.4, -0.2) is 22.3 Å². The van der Waals surface area contributed by atoms with Gasteiger partial charge < -0.3 is 21.9 Å². The van der Waals surface area contributed by atoms with Crippen LogP contribution in [-0.2, 0) is 0 Å². The van der Waals surface area contributed by atoms with Gasteiger partial charge in [0.05, 0.1) is 6.61 Å². The summed E-state index contributed by atoms with van der Waals surface area (Å²) < 4.78 is 5.55. The Hall–Kier alpha value is -2.15. The van der Waals surface area contributed by atoms with Gasteiger partial charge in [-0.05, 0) is 24.3 Å². The molecule has 2 rings (SSSR count). The zero-order valence-corrected chi connectivity index (χ0v) is 11.1. The molecule has 0 aliphatic heterocycles. The molecule has 19 heavy (non-hydrogen) atoms. The molecule has 0 spiro atoms. The topological polar surface area (TPSA) is 113 Å². The third-order valence-corrected chi connectivity index (χ3v) is 3.02. The number of nitrogen functional groups attached to an aromatic ring is 3. The molecule has 100 valence electrons. The summed E-state index contributed by atoms with van der Waals surface area (Å²) in [6.07, 6.45) is 0. The first-order chi connectivity index (χ1) is 9.13. The van der Waals surface area contributed by atoms with Gasteiger partial charge in [-0.25, -0.2) is 9.97 Å². The van der Waals surface area contributed by atoms with E-state index in [0.717, 1.165) is 5.75 Å². The van der Waals surface area contributed by atoms with Crippen molar-refractivity contribution in [3.05, 3.63) is 30.3 Å². The van der Waals surface area contributed by atoms with Crippen LogP contribution in [0.2, 0.25) is 0 Å². The standard InChI is InChI=1S/C12H15N5OS/c13-8-1-3-9(4-2-8)18-5-6-19-12-16-10(14)7-11(15)17-12/h1-4,7H,5-6,13H2,(H4,14,15,16,17). The lowest BCUT2D eigenvalue weighted by Gasteiger charge is -2.06. The Balaban J connectivity index is 1.79. The van der Waals surface area contributed by atoms with Gasteiger partial charge in [0.1, 0.15) is 17.4 Å². The van der Waals surface area contributed by atoms with E-state index < -0.39 is 0 Å². The van der Waals surface area contributed by atoms with Gasteiger partial charge in [0.2, 0.25) is 0 Å². The zero-order chi connectivity index (χ0) is 13.7. The molecule has 0 radical (unpaired) electrons. The fourth-order valence-electron chi connectivity index (χ4n) is 1.38. The Morgan fingerprint density at radius 2 is 1.63 bits per heavy atom. The van der Waals surface area contributed by atoms with E-state index in [1.54, 1.807) is 12.1 Å². The molecular weight excluding hydrogens is 262 g/mol. The lowest BCUT2D eigenvalue weighted by Crippen LogP contribution is -2.03. The van der Waals surface area contributed by atoms with Crippen LogP contribution < -0.4 is 21.9 Å². The number of anilines is 3. The van der Waals surface area contributed by atoms with Crippen molar-refractivity contribution in [2.24, 2.45) is 0 Å². The van der Waals surface area contributed by atoms with Crippen molar-refractivity contribution in [2.75, 3.05) is 29.6 Å². The lowest BCUT2D eigenvalue weighted by atomic mass is 10.3. The average Bonchev–Trinajstić information content (AvgIpc) is 2.36. The number of nitrogens with two attached hydrogens (primary N) is 3. The molecule has 2 aromatic rings. The minimum atomic E-state index is 0.370. The number of hydrogen-bond donors (Lipinski definition) is 3. The highest BCUT2D eigenvalue weighted by molar-refractivity contribution is 7.99. The van der Waals surface area contributed by atoms with Crippen molar-refractivity contribution in [3.63, 3.8) is 0 Å². The predicted molar refractivity (Wildman–Crippen MR) is 77.9 cm³/mol. The van der Waals surface area contributed by atoms with Gasteiger partial charge in [0, 0.05) is 17.5 Å². The number of hydrogen-bond acceptors (Lipinski definition) is 7. The maximum absolute atomic E-state index is 5.59. The Morgan fingerprint density at radius 3 is 2.26 bits per heavy atom. The summed E-state index contributed by atoms with van der Waals surface area (Å²) in [5.74, 6) is 2.22. The molecule has 0 aliphatic rings. The van der Waals surface area contributed by atoms with E-state index in [9.17, 15) is 0 Å². The van der Waals surface area contributed by atoms with Crippen LogP contribution in [0.1, 0.15) is 0 Å². The smallest absolute Gasteiger partial charge is 0.191 e. The molecule has 1 aromatic heterocycles. The van der Waals surface area contributed by atoms with Crippen LogP contribution in [0.4, 0.5) is 17.3 Å². The number of benzene rings is 1. The monoisotopic (exact) mass is 277 g/mol. The fourth-order valence-corrected chi connectivity index (χ4v) is 2.07. The maximum Gasteiger partial charge on any atom is 0.191 e. The molecule has 0 saturated carbocycles. The minimum absolute atomic E-state index is 0.370. The van der Waals surface area contributed by atoms with Gasteiger partial charge in [0.25, 0.3) is 0 Å². The average molecular weight is 277 g/mol. The van der Waals surface area contributed by atoms with Gasteiger partial charge >= 0.3 is 0 Å². The predicted octanol–water partition coefficient (Wildman–Crippen LogP) is 1.39. The van der Waals surface area contributed by atoms with Gasteiger partial charge in [0.15, 0.2) is 5.16 Å². The van der Waals surface area contributed by atoms with E-state index in [0.29, 0.717) is 34.8 Å². The second-order valence-corrected chi connectivity index (χ2v) is 4.83. The molecule has 1 aromatic carbocycles. The van der Waals surface area contributed by atoms with Crippen molar-refractivity contribution in [2.45, 2.75) is 5.16 Å².